The zero-order valence-electron chi connectivity index (χ0n) is 25.5. The van der Waals surface area contributed by atoms with Crippen molar-refractivity contribution < 1.29 is 9.47 Å². The summed E-state index contributed by atoms with van der Waals surface area (Å²) in [5, 5.41) is 2.48. The normalized spacial score (nSPS) is 14.0. The van der Waals surface area contributed by atoms with E-state index in [0.717, 1.165) is 67.7 Å². The van der Waals surface area contributed by atoms with E-state index in [0.29, 0.717) is 5.88 Å². The number of fused-ring (bicyclic) bond motifs is 11. The molecule has 0 fully saturated rings. The van der Waals surface area contributed by atoms with E-state index < -0.39 is 0 Å². The van der Waals surface area contributed by atoms with Crippen molar-refractivity contribution in [1.82, 2.24) is 14.5 Å². The summed E-state index contributed by atoms with van der Waals surface area (Å²) in [5.41, 5.74) is 11.8. The fourth-order valence-corrected chi connectivity index (χ4v) is 8.67. The van der Waals surface area contributed by atoms with Crippen LogP contribution in [0.5, 0.6) is 23.1 Å². The van der Waals surface area contributed by atoms with Crippen molar-refractivity contribution in [1.29, 1.82) is 0 Å². The van der Waals surface area contributed by atoms with Gasteiger partial charge < -0.3 is 14.0 Å². The first-order valence-electron chi connectivity index (χ1n) is 16.3. The van der Waals surface area contributed by atoms with E-state index in [1.54, 1.807) is 0 Å². The van der Waals surface area contributed by atoms with Crippen LogP contribution in [0.4, 0.5) is 17.2 Å². The molecule has 0 aliphatic carbocycles. The topological polar surface area (TPSA) is 52.4 Å². The molecule has 6 heterocycles. The minimum absolute atomic E-state index is 0.143. The molecule has 6 nitrogen and oxygen atoms in total. The molecule has 0 bridgehead atoms. The average molecular weight is 612 g/mol. The first kappa shape index (κ1) is 24.9. The van der Waals surface area contributed by atoms with Crippen molar-refractivity contribution in [2.75, 3.05) is 4.90 Å². The Labute approximate surface area is 276 Å². The molecule has 0 spiro atoms. The number of benzene rings is 6. The maximum absolute atomic E-state index is 6.80. The number of aromatic nitrogens is 3. The van der Waals surface area contributed by atoms with Crippen LogP contribution in [0.25, 0.3) is 27.5 Å². The van der Waals surface area contributed by atoms with Crippen molar-refractivity contribution in [3.63, 3.8) is 0 Å². The Kier molecular flexibility index (Phi) is 4.54. The van der Waals surface area contributed by atoms with E-state index >= 15 is 0 Å². The van der Waals surface area contributed by atoms with Gasteiger partial charge in [-0.1, -0.05) is 84.9 Å². The van der Waals surface area contributed by atoms with Crippen LogP contribution in [0.2, 0.25) is 0 Å². The quantitative estimate of drug-likeness (QED) is 0.247. The fourth-order valence-electron chi connectivity index (χ4n) is 8.67. The lowest BCUT2D eigenvalue weighted by molar-refractivity contribution is 0.466. The largest absolute Gasteiger partial charge is 0.458 e. The molecule has 2 aromatic heterocycles. The first-order chi connectivity index (χ1) is 23.8. The summed E-state index contributed by atoms with van der Waals surface area (Å²) in [6.07, 6.45) is 0. The van der Waals surface area contributed by atoms with E-state index in [1.807, 2.05) is 18.2 Å². The van der Waals surface area contributed by atoms with Gasteiger partial charge in [0.25, 0.3) is 13.4 Å². The van der Waals surface area contributed by atoms with Gasteiger partial charge in [-0.25, -0.2) is 0 Å². The molecule has 0 radical (unpaired) electrons. The second-order valence-electron chi connectivity index (χ2n) is 12.9. The van der Waals surface area contributed by atoms with Gasteiger partial charge in [-0.3, -0.25) is 9.88 Å². The molecule has 48 heavy (non-hydrogen) atoms. The van der Waals surface area contributed by atoms with Gasteiger partial charge in [0.15, 0.2) is 5.82 Å². The van der Waals surface area contributed by atoms with Crippen LogP contribution >= 0.6 is 0 Å². The molecule has 0 atom stereocenters. The van der Waals surface area contributed by atoms with Gasteiger partial charge in [-0.05, 0) is 70.4 Å². The third kappa shape index (κ3) is 2.97. The van der Waals surface area contributed by atoms with Gasteiger partial charge >= 0.3 is 0 Å². The summed E-state index contributed by atoms with van der Waals surface area (Å²) < 4.78 is 15.8. The third-order valence-electron chi connectivity index (χ3n) is 10.5. The molecule has 12 rings (SSSR count). The number of anilines is 3. The molecule has 0 N–H and O–H groups in total. The van der Waals surface area contributed by atoms with Crippen molar-refractivity contribution in [2.45, 2.75) is 0 Å². The maximum atomic E-state index is 6.80. The Morgan fingerprint density at radius 3 is 2.08 bits per heavy atom. The molecule has 0 unspecified atom stereocenters. The van der Waals surface area contributed by atoms with Crippen LogP contribution in [0, 0.1) is 0 Å². The van der Waals surface area contributed by atoms with Gasteiger partial charge in [0.1, 0.15) is 17.2 Å². The molecule has 0 saturated carbocycles. The lowest BCUT2D eigenvalue weighted by atomic mass is 9.34. The van der Waals surface area contributed by atoms with Crippen molar-refractivity contribution in [2.24, 2.45) is 0 Å². The van der Waals surface area contributed by atoms with Gasteiger partial charge in [0, 0.05) is 33.4 Å². The molecule has 4 aliphatic rings. The molecular formula is C40H22B2N4O2. The smallest absolute Gasteiger partial charge is 0.281 e. The Morgan fingerprint density at radius 1 is 0.500 bits per heavy atom. The van der Waals surface area contributed by atoms with Crippen molar-refractivity contribution in [3.05, 3.63) is 133 Å². The van der Waals surface area contributed by atoms with E-state index in [1.165, 1.54) is 27.3 Å². The predicted molar refractivity (Wildman–Crippen MR) is 193 cm³/mol. The number of para-hydroxylation sites is 4. The number of rotatable bonds is 1. The Hall–Kier alpha value is -6.27. The van der Waals surface area contributed by atoms with Gasteiger partial charge in [0.05, 0.1) is 16.7 Å². The van der Waals surface area contributed by atoms with Crippen LogP contribution in [-0.4, -0.2) is 28.0 Å². The van der Waals surface area contributed by atoms with Crippen LogP contribution in [0.1, 0.15) is 0 Å². The van der Waals surface area contributed by atoms with E-state index in [-0.39, 0.29) is 13.4 Å². The summed E-state index contributed by atoms with van der Waals surface area (Å²) in [5.74, 6) is 3.83. The Balaban J connectivity index is 1.19. The van der Waals surface area contributed by atoms with E-state index in [2.05, 4.69) is 125 Å². The second-order valence-corrected chi connectivity index (χ2v) is 12.9. The van der Waals surface area contributed by atoms with Crippen molar-refractivity contribution >= 4 is 85.5 Å². The number of nitrogens with zero attached hydrogens (tertiary/aromatic N) is 4. The molecular weight excluding hydrogens is 590 g/mol. The predicted octanol–water partition coefficient (Wildman–Crippen LogP) is 4.91. The van der Waals surface area contributed by atoms with Crippen LogP contribution in [0.15, 0.2) is 133 Å². The molecule has 8 aromatic rings. The fraction of sp³-hybridized carbons (Fsp3) is 0. The number of hydrogen-bond donors (Lipinski definition) is 0. The van der Waals surface area contributed by atoms with Crippen LogP contribution in [-0.2, 0) is 0 Å². The Morgan fingerprint density at radius 2 is 1.17 bits per heavy atom. The highest BCUT2D eigenvalue weighted by molar-refractivity contribution is 7.01. The summed E-state index contributed by atoms with van der Waals surface area (Å²) in [7, 11) is 0. The SMILES string of the molecule is c1ccc(N2c3cccc4c3B(c3ccccc3O4)c3nc4c(nc32)Oc2cccc3c2B4c2cccc4c5ccccc5n-3c24)cc1. The van der Waals surface area contributed by atoms with Crippen molar-refractivity contribution in [3.8, 4) is 28.8 Å². The van der Waals surface area contributed by atoms with Gasteiger partial charge in [0.2, 0.25) is 5.88 Å². The summed E-state index contributed by atoms with van der Waals surface area (Å²) in [4.78, 5) is 13.4. The standard InChI is InChI=1S/C40H22B2N4O2/c1-2-11-23(12-3-1)45-29-18-9-21-32-34(29)41(26-15-5-7-20-31(26)47-32)37-39(45)44-40-38(43-37)42-27-16-8-14-25-24-13-4-6-17-28(24)46(36(25)27)30-19-10-22-33(48-40)35(30)42/h1-22H. The zero-order chi connectivity index (χ0) is 31.1. The van der Waals surface area contributed by atoms with E-state index in [4.69, 9.17) is 19.4 Å². The molecule has 220 valence electrons. The number of ether oxygens (including phenoxy) is 2. The summed E-state index contributed by atoms with van der Waals surface area (Å²) in [6, 6.07) is 46.7. The summed E-state index contributed by atoms with van der Waals surface area (Å²) >= 11 is 0. The molecule has 8 heteroatoms. The summed E-state index contributed by atoms with van der Waals surface area (Å²) in [6.45, 7) is -0.299. The zero-order valence-corrected chi connectivity index (χ0v) is 25.5. The molecule has 4 aliphatic heterocycles. The van der Waals surface area contributed by atoms with Gasteiger partial charge in [-0.15, -0.1) is 0 Å². The minimum atomic E-state index is -0.156. The van der Waals surface area contributed by atoms with Crippen LogP contribution < -0.4 is 47.4 Å². The number of hydrogen-bond acceptors (Lipinski definition) is 5. The minimum Gasteiger partial charge on any atom is -0.458 e. The first-order valence-corrected chi connectivity index (χ1v) is 16.3. The molecule has 0 amide bonds. The average Bonchev–Trinajstić information content (AvgIpc) is 3.48. The molecule has 6 aromatic carbocycles. The van der Waals surface area contributed by atoms with Crippen LogP contribution in [0.3, 0.4) is 0 Å². The highest BCUT2D eigenvalue weighted by atomic mass is 16.5. The highest BCUT2D eigenvalue weighted by Gasteiger charge is 2.48. The second kappa shape index (κ2) is 8.75. The highest BCUT2D eigenvalue weighted by Crippen LogP contribution is 2.41. The van der Waals surface area contributed by atoms with Gasteiger partial charge in [-0.2, -0.15) is 4.98 Å². The lowest BCUT2D eigenvalue weighted by Crippen LogP contribution is -2.65. The third-order valence-corrected chi connectivity index (χ3v) is 10.5. The Bertz CT molecular complexity index is 2730. The maximum Gasteiger partial charge on any atom is 0.281 e. The van der Waals surface area contributed by atoms with E-state index in [9.17, 15) is 0 Å². The monoisotopic (exact) mass is 612 g/mol. The lowest BCUT2D eigenvalue weighted by Gasteiger charge is -2.39. The molecule has 0 saturated heterocycles.